The van der Waals surface area contributed by atoms with Crippen molar-refractivity contribution < 1.29 is 0 Å². The molecule has 1 unspecified atom stereocenters. The van der Waals surface area contributed by atoms with E-state index >= 15 is 0 Å². The van der Waals surface area contributed by atoms with E-state index in [0.717, 1.165) is 6.42 Å². The van der Waals surface area contributed by atoms with Crippen LogP contribution < -0.4 is 0 Å². The van der Waals surface area contributed by atoms with Crippen molar-refractivity contribution in [2.45, 2.75) is 12.5 Å². The largest absolute Gasteiger partial charge is 0.333 e. The number of pyridine rings is 1. The molecule has 2 aromatic heterocycles. The summed E-state index contributed by atoms with van der Waals surface area (Å²) in [6, 6.07) is 55.9. The number of aromatic nitrogens is 2. The number of hydrogen-bond donors (Lipinski definition) is 0. The first kappa shape index (κ1) is 29.4. The van der Waals surface area contributed by atoms with Gasteiger partial charge in [0.25, 0.3) is 0 Å². The molecule has 2 heteroatoms. The lowest BCUT2D eigenvalue weighted by atomic mass is 9.85. The van der Waals surface area contributed by atoms with Crippen molar-refractivity contribution in [3.63, 3.8) is 0 Å². The van der Waals surface area contributed by atoms with Gasteiger partial charge in [-0.15, -0.1) is 0 Å². The molecule has 0 aliphatic heterocycles. The van der Waals surface area contributed by atoms with Gasteiger partial charge in [0.15, 0.2) is 0 Å². The monoisotopic (exact) mass is 650 g/mol. The average molecular weight is 651 g/mol. The standard InChI is InChI=1S/C49H34N2/c1-4-12-35(13-5-1)48-40-18-10-11-19-41(40)49(36-14-6-2-7-15-36)44-31-37(24-26-42(44)48)33-20-22-34(23-21-33)38-25-27-46-43(30-38)45-32-50-29-28-47(45)51(46)39-16-8-3-9-17-39/h1-16,18-32,39H,17H2. The molecule has 0 spiro atoms. The van der Waals surface area contributed by atoms with Crippen LogP contribution in [0.3, 0.4) is 0 Å². The zero-order valence-corrected chi connectivity index (χ0v) is 28.1. The predicted molar refractivity (Wildman–Crippen MR) is 216 cm³/mol. The van der Waals surface area contributed by atoms with Crippen LogP contribution in [-0.2, 0) is 0 Å². The molecule has 7 aromatic carbocycles. The second-order valence-electron chi connectivity index (χ2n) is 13.5. The molecule has 1 aliphatic rings. The summed E-state index contributed by atoms with van der Waals surface area (Å²) in [6.07, 6.45) is 13.8. The first-order valence-electron chi connectivity index (χ1n) is 17.7. The molecule has 240 valence electrons. The highest BCUT2D eigenvalue weighted by atomic mass is 15.0. The maximum Gasteiger partial charge on any atom is 0.0560 e. The van der Waals surface area contributed by atoms with Crippen LogP contribution in [0.1, 0.15) is 12.5 Å². The summed E-state index contributed by atoms with van der Waals surface area (Å²) in [5, 5.41) is 7.51. The Hall–Kier alpha value is -6.51. The Morgan fingerprint density at radius 3 is 1.63 bits per heavy atom. The van der Waals surface area contributed by atoms with Crippen molar-refractivity contribution in [3.05, 3.63) is 188 Å². The summed E-state index contributed by atoms with van der Waals surface area (Å²) in [6.45, 7) is 0. The fourth-order valence-corrected chi connectivity index (χ4v) is 8.24. The third-order valence-electron chi connectivity index (χ3n) is 10.6. The Balaban J connectivity index is 1.10. The number of hydrogen-bond acceptors (Lipinski definition) is 1. The molecule has 0 saturated heterocycles. The minimum Gasteiger partial charge on any atom is -0.333 e. The van der Waals surface area contributed by atoms with Gasteiger partial charge >= 0.3 is 0 Å². The minimum absolute atomic E-state index is 0.300. The summed E-state index contributed by atoms with van der Waals surface area (Å²) in [5.41, 5.74) is 12.3. The van der Waals surface area contributed by atoms with E-state index in [4.69, 9.17) is 0 Å². The van der Waals surface area contributed by atoms with E-state index in [9.17, 15) is 0 Å². The molecule has 0 radical (unpaired) electrons. The number of rotatable bonds is 5. The van der Waals surface area contributed by atoms with Gasteiger partial charge in [0.1, 0.15) is 0 Å². The zero-order chi connectivity index (χ0) is 33.7. The highest BCUT2D eigenvalue weighted by molar-refractivity contribution is 6.22. The predicted octanol–water partition coefficient (Wildman–Crippen LogP) is 13.2. The van der Waals surface area contributed by atoms with Gasteiger partial charge in [-0.05, 0) is 96.7 Å². The Labute approximate surface area is 297 Å². The Morgan fingerprint density at radius 1 is 0.431 bits per heavy atom. The first-order chi connectivity index (χ1) is 25.3. The fraction of sp³-hybridized carbons (Fsp3) is 0.0408. The lowest BCUT2D eigenvalue weighted by Gasteiger charge is -2.19. The van der Waals surface area contributed by atoms with Crippen LogP contribution in [0, 0.1) is 0 Å². The smallest absolute Gasteiger partial charge is 0.0560 e. The second kappa shape index (κ2) is 12.1. The van der Waals surface area contributed by atoms with Crippen LogP contribution in [0.5, 0.6) is 0 Å². The van der Waals surface area contributed by atoms with E-state index in [2.05, 4.69) is 186 Å². The number of nitrogens with zero attached hydrogens (tertiary/aromatic N) is 2. The van der Waals surface area contributed by atoms with Crippen molar-refractivity contribution in [1.29, 1.82) is 0 Å². The molecule has 0 bridgehead atoms. The molecule has 0 fully saturated rings. The normalized spacial score (nSPS) is 14.2. The summed E-state index contributed by atoms with van der Waals surface area (Å²) in [4.78, 5) is 4.51. The second-order valence-corrected chi connectivity index (χ2v) is 13.5. The van der Waals surface area contributed by atoms with E-state index in [1.54, 1.807) is 0 Å². The van der Waals surface area contributed by atoms with Crippen LogP contribution in [0.15, 0.2) is 188 Å². The minimum atomic E-state index is 0.300. The molecule has 10 rings (SSSR count). The molecule has 2 nitrogen and oxygen atoms in total. The van der Waals surface area contributed by atoms with E-state index in [1.807, 2.05) is 12.4 Å². The quantitative estimate of drug-likeness (QED) is 0.170. The highest BCUT2D eigenvalue weighted by Gasteiger charge is 2.19. The zero-order valence-electron chi connectivity index (χ0n) is 28.1. The maximum absolute atomic E-state index is 4.51. The van der Waals surface area contributed by atoms with Crippen molar-refractivity contribution in [3.8, 4) is 44.5 Å². The molecule has 0 N–H and O–H groups in total. The molecule has 2 heterocycles. The van der Waals surface area contributed by atoms with Crippen LogP contribution >= 0.6 is 0 Å². The van der Waals surface area contributed by atoms with Gasteiger partial charge in [0, 0.05) is 28.7 Å². The van der Waals surface area contributed by atoms with Gasteiger partial charge in [-0.1, -0.05) is 152 Å². The SMILES string of the molecule is C1=CCC(n2c3ccncc3c3cc(-c4ccc(-c5ccc6c(-c7ccccc7)c7ccccc7c(-c7ccccc7)c6c5)cc4)ccc32)C=C1. The van der Waals surface area contributed by atoms with Crippen LogP contribution in [0.2, 0.25) is 0 Å². The third-order valence-corrected chi connectivity index (χ3v) is 10.6. The van der Waals surface area contributed by atoms with Gasteiger partial charge in [-0.3, -0.25) is 4.98 Å². The van der Waals surface area contributed by atoms with E-state index < -0.39 is 0 Å². The lowest BCUT2D eigenvalue weighted by Crippen LogP contribution is -2.06. The molecule has 0 amide bonds. The van der Waals surface area contributed by atoms with Gasteiger partial charge in [-0.2, -0.15) is 0 Å². The highest BCUT2D eigenvalue weighted by Crippen LogP contribution is 2.45. The van der Waals surface area contributed by atoms with E-state index in [0.29, 0.717) is 6.04 Å². The third kappa shape index (κ3) is 4.91. The summed E-state index contributed by atoms with van der Waals surface area (Å²) in [5.74, 6) is 0. The van der Waals surface area contributed by atoms with Gasteiger partial charge in [0.05, 0.1) is 11.6 Å². The lowest BCUT2D eigenvalue weighted by molar-refractivity contribution is 0.648. The Bertz CT molecular complexity index is 2800. The van der Waals surface area contributed by atoms with Crippen molar-refractivity contribution in [1.82, 2.24) is 9.55 Å². The molecule has 9 aromatic rings. The molecule has 1 aliphatic carbocycles. The topological polar surface area (TPSA) is 17.8 Å². The number of benzene rings is 7. The van der Waals surface area contributed by atoms with E-state index in [-0.39, 0.29) is 0 Å². The van der Waals surface area contributed by atoms with Gasteiger partial charge in [-0.25, -0.2) is 0 Å². The van der Waals surface area contributed by atoms with Gasteiger partial charge < -0.3 is 4.57 Å². The van der Waals surface area contributed by atoms with Crippen LogP contribution in [-0.4, -0.2) is 9.55 Å². The summed E-state index contributed by atoms with van der Waals surface area (Å²) in [7, 11) is 0. The van der Waals surface area contributed by atoms with Crippen LogP contribution in [0.25, 0.3) is 87.9 Å². The van der Waals surface area contributed by atoms with Crippen molar-refractivity contribution >= 4 is 43.4 Å². The molecular weight excluding hydrogens is 617 g/mol. The Kier molecular flexibility index (Phi) is 6.99. The van der Waals surface area contributed by atoms with Crippen molar-refractivity contribution in [2.24, 2.45) is 0 Å². The van der Waals surface area contributed by atoms with E-state index in [1.165, 1.54) is 87.9 Å². The molecule has 1 atom stereocenters. The average Bonchev–Trinajstić information content (AvgIpc) is 3.54. The number of allylic oxidation sites excluding steroid dienone is 4. The van der Waals surface area contributed by atoms with Crippen molar-refractivity contribution in [2.75, 3.05) is 0 Å². The molecule has 0 saturated carbocycles. The first-order valence-corrected chi connectivity index (χ1v) is 17.7. The Morgan fingerprint density at radius 2 is 0.980 bits per heavy atom. The number of fused-ring (bicyclic) bond motifs is 5. The summed E-state index contributed by atoms with van der Waals surface area (Å²) >= 11 is 0. The molecular formula is C49H34N2. The maximum atomic E-state index is 4.51. The molecule has 51 heavy (non-hydrogen) atoms. The van der Waals surface area contributed by atoms with Crippen LogP contribution in [0.4, 0.5) is 0 Å². The summed E-state index contributed by atoms with van der Waals surface area (Å²) < 4.78 is 2.47. The fourth-order valence-electron chi connectivity index (χ4n) is 8.24. The van der Waals surface area contributed by atoms with Gasteiger partial charge in [0.2, 0.25) is 0 Å².